The van der Waals surface area contributed by atoms with Gasteiger partial charge in [-0.1, -0.05) is 12.8 Å². The number of anilines is 1. The third-order valence-electron chi connectivity index (χ3n) is 3.13. The number of amides is 1. The quantitative estimate of drug-likeness (QED) is 0.850. The van der Waals surface area contributed by atoms with Crippen molar-refractivity contribution >= 4 is 11.7 Å². The first-order valence-electron chi connectivity index (χ1n) is 5.57. The van der Waals surface area contributed by atoms with Crippen LogP contribution >= 0.6 is 0 Å². The zero-order valence-corrected chi connectivity index (χ0v) is 9.50. The zero-order chi connectivity index (χ0) is 13.5. The number of primary amides is 1. The van der Waals surface area contributed by atoms with E-state index in [4.69, 9.17) is 11.5 Å². The molecule has 1 aromatic heterocycles. The summed E-state index contributed by atoms with van der Waals surface area (Å²) in [5.74, 6) is -1.49. The summed E-state index contributed by atoms with van der Waals surface area (Å²) in [4.78, 5) is 11.1. The topological polar surface area (TPSA) is 86.9 Å². The zero-order valence-electron chi connectivity index (χ0n) is 9.50. The van der Waals surface area contributed by atoms with Crippen LogP contribution in [0.4, 0.5) is 19.0 Å². The van der Waals surface area contributed by atoms with Crippen molar-refractivity contribution in [1.82, 2.24) is 9.78 Å². The highest BCUT2D eigenvalue weighted by molar-refractivity contribution is 5.98. The molecule has 0 saturated heterocycles. The van der Waals surface area contributed by atoms with Gasteiger partial charge in [-0.3, -0.25) is 4.79 Å². The Kier molecular flexibility index (Phi) is 2.95. The maximum absolute atomic E-state index is 12.7. The molecule has 18 heavy (non-hydrogen) atoms. The summed E-state index contributed by atoms with van der Waals surface area (Å²) in [7, 11) is 0. The number of rotatable bonds is 2. The molecule has 0 unspecified atom stereocenters. The molecule has 8 heteroatoms. The highest BCUT2D eigenvalue weighted by Gasteiger charge is 2.41. The Morgan fingerprint density at radius 3 is 2.28 bits per heavy atom. The van der Waals surface area contributed by atoms with Gasteiger partial charge in [0.05, 0.1) is 6.04 Å². The first kappa shape index (κ1) is 12.7. The van der Waals surface area contributed by atoms with Crippen LogP contribution in [0.1, 0.15) is 47.8 Å². The Balaban J connectivity index is 2.53. The van der Waals surface area contributed by atoms with Gasteiger partial charge in [-0.05, 0) is 12.8 Å². The molecule has 0 radical (unpaired) electrons. The first-order valence-corrected chi connectivity index (χ1v) is 5.57. The minimum atomic E-state index is -4.73. The Morgan fingerprint density at radius 1 is 1.33 bits per heavy atom. The summed E-state index contributed by atoms with van der Waals surface area (Å²) >= 11 is 0. The maximum Gasteiger partial charge on any atom is 0.436 e. The van der Waals surface area contributed by atoms with Gasteiger partial charge in [-0.25, -0.2) is 4.68 Å². The number of nitrogens with two attached hydrogens (primary N) is 2. The fourth-order valence-electron chi connectivity index (χ4n) is 2.32. The van der Waals surface area contributed by atoms with Gasteiger partial charge in [0, 0.05) is 0 Å². The van der Waals surface area contributed by atoms with Gasteiger partial charge in [-0.2, -0.15) is 18.3 Å². The van der Waals surface area contributed by atoms with Gasteiger partial charge in [0.15, 0.2) is 5.69 Å². The molecule has 0 aromatic carbocycles. The van der Waals surface area contributed by atoms with Gasteiger partial charge in [0.2, 0.25) is 0 Å². The summed E-state index contributed by atoms with van der Waals surface area (Å²) in [6, 6.07) is -0.181. The lowest BCUT2D eigenvalue weighted by molar-refractivity contribution is -0.141. The second-order valence-corrected chi connectivity index (χ2v) is 4.35. The van der Waals surface area contributed by atoms with E-state index in [2.05, 4.69) is 5.10 Å². The molecule has 0 aliphatic heterocycles. The third-order valence-corrected chi connectivity index (χ3v) is 3.13. The lowest BCUT2D eigenvalue weighted by atomic mass is 10.2. The highest BCUT2D eigenvalue weighted by atomic mass is 19.4. The third kappa shape index (κ3) is 2.02. The standard InChI is InChI=1S/C10H13F3N4O/c11-10(12,13)7-6(9(15)18)8(14)17(16-7)5-3-1-2-4-5/h5H,1-4,14H2,(H2,15,18). The average Bonchev–Trinajstić information content (AvgIpc) is 2.81. The van der Waals surface area contributed by atoms with E-state index in [1.165, 1.54) is 0 Å². The number of aromatic nitrogens is 2. The van der Waals surface area contributed by atoms with Crippen LogP contribution in [0.2, 0.25) is 0 Å². The van der Waals surface area contributed by atoms with Crippen LogP contribution in [0, 0.1) is 0 Å². The molecule has 1 aromatic rings. The number of hydrogen-bond acceptors (Lipinski definition) is 3. The van der Waals surface area contributed by atoms with Gasteiger partial charge in [-0.15, -0.1) is 0 Å². The average molecular weight is 262 g/mol. The molecule has 0 atom stereocenters. The Bertz CT molecular complexity index is 474. The molecule has 1 aliphatic carbocycles. The van der Waals surface area contributed by atoms with Crippen LogP contribution in [-0.2, 0) is 6.18 Å². The molecule has 2 rings (SSSR count). The normalized spacial score (nSPS) is 17.3. The lowest BCUT2D eigenvalue weighted by Gasteiger charge is -2.11. The van der Waals surface area contributed by atoms with E-state index < -0.39 is 23.3 Å². The van der Waals surface area contributed by atoms with Crippen molar-refractivity contribution in [2.45, 2.75) is 37.9 Å². The number of halogens is 3. The summed E-state index contributed by atoms with van der Waals surface area (Å²) < 4.78 is 39.3. The molecular weight excluding hydrogens is 249 g/mol. The second-order valence-electron chi connectivity index (χ2n) is 4.35. The second kappa shape index (κ2) is 4.18. The smallest absolute Gasteiger partial charge is 0.383 e. The fraction of sp³-hybridized carbons (Fsp3) is 0.600. The number of nitrogens with zero attached hydrogens (tertiary/aromatic N) is 2. The molecule has 0 bridgehead atoms. The van der Waals surface area contributed by atoms with Crippen molar-refractivity contribution in [3.05, 3.63) is 11.3 Å². The van der Waals surface area contributed by atoms with E-state index in [0.717, 1.165) is 17.5 Å². The molecule has 1 saturated carbocycles. The molecule has 1 aliphatic rings. The van der Waals surface area contributed by atoms with E-state index >= 15 is 0 Å². The predicted molar refractivity (Wildman–Crippen MR) is 57.7 cm³/mol. The van der Waals surface area contributed by atoms with E-state index in [1.807, 2.05) is 0 Å². The number of carbonyl (C=O) groups excluding carboxylic acids is 1. The summed E-state index contributed by atoms with van der Waals surface area (Å²) in [5, 5.41) is 3.45. The minimum Gasteiger partial charge on any atom is -0.383 e. The van der Waals surface area contributed by atoms with Crippen molar-refractivity contribution in [2.75, 3.05) is 5.73 Å². The van der Waals surface area contributed by atoms with Gasteiger partial charge < -0.3 is 11.5 Å². The van der Waals surface area contributed by atoms with Crippen molar-refractivity contribution in [1.29, 1.82) is 0 Å². The van der Waals surface area contributed by atoms with Crippen LogP contribution in [0.5, 0.6) is 0 Å². The van der Waals surface area contributed by atoms with E-state index in [9.17, 15) is 18.0 Å². The number of carbonyl (C=O) groups is 1. The van der Waals surface area contributed by atoms with E-state index in [0.29, 0.717) is 12.8 Å². The maximum atomic E-state index is 12.7. The lowest BCUT2D eigenvalue weighted by Crippen LogP contribution is -2.19. The van der Waals surface area contributed by atoms with Crippen molar-refractivity contribution < 1.29 is 18.0 Å². The summed E-state index contributed by atoms with van der Waals surface area (Å²) in [6.45, 7) is 0. The Labute approximate surface area is 101 Å². The van der Waals surface area contributed by atoms with Crippen LogP contribution in [0.25, 0.3) is 0 Å². The van der Waals surface area contributed by atoms with Crippen LogP contribution < -0.4 is 11.5 Å². The van der Waals surface area contributed by atoms with Gasteiger partial charge >= 0.3 is 6.18 Å². The van der Waals surface area contributed by atoms with Crippen molar-refractivity contribution in [2.24, 2.45) is 5.73 Å². The van der Waals surface area contributed by atoms with E-state index in [1.54, 1.807) is 0 Å². The number of nitrogen functional groups attached to an aromatic ring is 1. The fourth-order valence-corrected chi connectivity index (χ4v) is 2.32. The Hall–Kier alpha value is -1.73. The van der Waals surface area contributed by atoms with Crippen LogP contribution in [-0.4, -0.2) is 15.7 Å². The molecule has 1 heterocycles. The summed E-state index contributed by atoms with van der Waals surface area (Å²) in [5.41, 5.74) is 8.51. The molecule has 0 spiro atoms. The highest BCUT2D eigenvalue weighted by Crippen LogP contribution is 2.37. The molecule has 5 nitrogen and oxygen atoms in total. The van der Waals surface area contributed by atoms with Crippen LogP contribution in [0.15, 0.2) is 0 Å². The minimum absolute atomic E-state index is 0.181. The molecular formula is C10H13F3N4O. The molecule has 100 valence electrons. The number of alkyl halides is 3. The molecule has 4 N–H and O–H groups in total. The largest absolute Gasteiger partial charge is 0.436 e. The monoisotopic (exact) mass is 262 g/mol. The van der Waals surface area contributed by atoms with E-state index in [-0.39, 0.29) is 11.9 Å². The van der Waals surface area contributed by atoms with Crippen LogP contribution in [0.3, 0.4) is 0 Å². The molecule has 1 fully saturated rings. The first-order chi connectivity index (χ1) is 8.32. The summed E-state index contributed by atoms with van der Waals surface area (Å²) in [6.07, 6.45) is -1.49. The van der Waals surface area contributed by atoms with Crippen molar-refractivity contribution in [3.8, 4) is 0 Å². The predicted octanol–water partition coefficient (Wildman–Crippen LogP) is 1.70. The van der Waals surface area contributed by atoms with Gasteiger partial charge in [0.1, 0.15) is 11.4 Å². The Morgan fingerprint density at radius 2 is 1.89 bits per heavy atom. The SMILES string of the molecule is NC(=O)c1c(C(F)(F)F)nn(C2CCCC2)c1N. The van der Waals surface area contributed by atoms with Crippen molar-refractivity contribution in [3.63, 3.8) is 0 Å². The van der Waals surface area contributed by atoms with Gasteiger partial charge in [0.25, 0.3) is 5.91 Å². The number of hydrogen-bond donors (Lipinski definition) is 2. The molecule has 1 amide bonds.